The summed E-state index contributed by atoms with van der Waals surface area (Å²) in [5.41, 5.74) is -0.810. The first-order valence-electron chi connectivity index (χ1n) is 8.16. The van der Waals surface area contributed by atoms with Crippen molar-refractivity contribution in [3.63, 3.8) is 0 Å². The number of hydrogen-bond donors (Lipinski definition) is 1. The summed E-state index contributed by atoms with van der Waals surface area (Å²) >= 11 is 1.70. The van der Waals surface area contributed by atoms with E-state index in [1.54, 1.807) is 11.8 Å². The number of rotatable bonds is 9. The summed E-state index contributed by atoms with van der Waals surface area (Å²) in [5, 5.41) is 2.88. The normalized spacial score (nSPS) is 13.8. The Labute approximate surface area is 150 Å². The highest BCUT2D eigenvalue weighted by Crippen LogP contribution is 2.31. The van der Waals surface area contributed by atoms with Crippen molar-refractivity contribution in [3.05, 3.63) is 29.8 Å². The Hall–Kier alpha value is -1.57. The van der Waals surface area contributed by atoms with Gasteiger partial charge >= 0.3 is 12.3 Å². The predicted molar refractivity (Wildman–Crippen MR) is 92.8 cm³/mol. The number of hydrogen-bond acceptors (Lipinski definition) is 4. The van der Waals surface area contributed by atoms with Crippen LogP contribution in [0.25, 0.3) is 0 Å². The van der Waals surface area contributed by atoms with E-state index in [4.69, 9.17) is 9.47 Å². The van der Waals surface area contributed by atoms with Gasteiger partial charge in [0.2, 0.25) is 6.29 Å². The Bertz CT molecular complexity index is 540. The van der Waals surface area contributed by atoms with Gasteiger partial charge in [0.1, 0.15) is 5.75 Å². The monoisotopic (exact) mass is 379 g/mol. The van der Waals surface area contributed by atoms with Gasteiger partial charge in [-0.1, -0.05) is 26.8 Å². The molecule has 0 spiro atoms. The van der Waals surface area contributed by atoms with E-state index in [1.165, 1.54) is 12.1 Å². The Balaban J connectivity index is 2.63. The molecule has 0 radical (unpaired) electrons. The van der Waals surface area contributed by atoms with Gasteiger partial charge in [-0.05, 0) is 30.4 Å². The first-order valence-corrected chi connectivity index (χ1v) is 9.21. The van der Waals surface area contributed by atoms with Crippen LogP contribution in [0, 0.1) is 0 Å². The number of ether oxygens (including phenoxy) is 2. The quantitative estimate of drug-likeness (QED) is 0.608. The molecule has 1 aromatic rings. The van der Waals surface area contributed by atoms with Gasteiger partial charge in [0.05, 0.1) is 5.56 Å². The molecule has 0 heterocycles. The SMILES string of the molecule is CCCC(OC(=O)NCC(C)SCC)Oc1cccc(C(F)(F)F)c1. The van der Waals surface area contributed by atoms with E-state index in [9.17, 15) is 18.0 Å². The highest BCUT2D eigenvalue weighted by Gasteiger charge is 2.31. The summed E-state index contributed by atoms with van der Waals surface area (Å²) in [5.74, 6) is 0.950. The van der Waals surface area contributed by atoms with Crippen LogP contribution in [0.1, 0.15) is 39.2 Å². The van der Waals surface area contributed by atoms with Crippen molar-refractivity contribution in [3.8, 4) is 5.75 Å². The molecule has 1 N–H and O–H groups in total. The molecule has 1 rings (SSSR count). The molecule has 0 aromatic heterocycles. The number of alkyl halides is 3. The van der Waals surface area contributed by atoms with E-state index in [2.05, 4.69) is 5.32 Å². The van der Waals surface area contributed by atoms with E-state index in [1.807, 2.05) is 20.8 Å². The molecule has 0 fully saturated rings. The van der Waals surface area contributed by atoms with Crippen LogP contribution in [0.3, 0.4) is 0 Å². The van der Waals surface area contributed by atoms with Crippen molar-refractivity contribution in [2.45, 2.75) is 51.3 Å². The minimum atomic E-state index is -4.45. The number of nitrogens with one attached hydrogen (secondary N) is 1. The van der Waals surface area contributed by atoms with Gasteiger partial charge in [0.25, 0.3) is 0 Å². The summed E-state index contributed by atoms with van der Waals surface area (Å²) in [6.45, 7) is 6.32. The lowest BCUT2D eigenvalue weighted by Gasteiger charge is -2.20. The average Bonchev–Trinajstić information content (AvgIpc) is 2.53. The van der Waals surface area contributed by atoms with Crippen molar-refractivity contribution in [2.24, 2.45) is 0 Å². The van der Waals surface area contributed by atoms with Crippen LogP contribution in [0.5, 0.6) is 5.75 Å². The Morgan fingerprint density at radius 1 is 1.32 bits per heavy atom. The molecule has 0 saturated carbocycles. The van der Waals surface area contributed by atoms with Crippen LogP contribution in [0.2, 0.25) is 0 Å². The molecule has 25 heavy (non-hydrogen) atoms. The third-order valence-corrected chi connectivity index (χ3v) is 4.25. The third kappa shape index (κ3) is 8.38. The lowest BCUT2D eigenvalue weighted by Crippen LogP contribution is -2.35. The third-order valence-electron chi connectivity index (χ3n) is 3.18. The number of carbonyl (C=O) groups excluding carboxylic acids is 1. The molecule has 1 amide bonds. The Morgan fingerprint density at radius 3 is 2.64 bits per heavy atom. The zero-order valence-corrected chi connectivity index (χ0v) is 15.4. The topological polar surface area (TPSA) is 47.6 Å². The second-order valence-electron chi connectivity index (χ2n) is 5.41. The molecule has 8 heteroatoms. The second kappa shape index (κ2) is 10.4. The number of alkyl carbamates (subject to hydrolysis) is 1. The second-order valence-corrected chi connectivity index (χ2v) is 7.13. The lowest BCUT2D eigenvalue weighted by molar-refractivity contribution is -0.137. The van der Waals surface area contributed by atoms with Crippen LogP contribution in [0.4, 0.5) is 18.0 Å². The van der Waals surface area contributed by atoms with E-state index in [0.717, 1.165) is 17.9 Å². The van der Waals surface area contributed by atoms with Gasteiger partial charge in [0, 0.05) is 18.2 Å². The van der Waals surface area contributed by atoms with Crippen LogP contribution in [0.15, 0.2) is 24.3 Å². The molecular weight excluding hydrogens is 355 g/mol. The van der Waals surface area contributed by atoms with Gasteiger partial charge in [-0.15, -0.1) is 0 Å². The van der Waals surface area contributed by atoms with Gasteiger partial charge in [-0.2, -0.15) is 24.9 Å². The van der Waals surface area contributed by atoms with Crippen molar-refractivity contribution in [1.29, 1.82) is 0 Å². The van der Waals surface area contributed by atoms with Crippen molar-refractivity contribution >= 4 is 17.9 Å². The highest BCUT2D eigenvalue weighted by molar-refractivity contribution is 7.99. The molecule has 0 aliphatic rings. The maximum atomic E-state index is 12.7. The fourth-order valence-corrected chi connectivity index (χ4v) is 2.78. The van der Waals surface area contributed by atoms with E-state index < -0.39 is 24.1 Å². The Kier molecular flexibility index (Phi) is 8.96. The summed E-state index contributed by atoms with van der Waals surface area (Å²) in [6, 6.07) is 4.51. The maximum Gasteiger partial charge on any atom is 0.416 e. The van der Waals surface area contributed by atoms with Crippen molar-refractivity contribution in [2.75, 3.05) is 12.3 Å². The highest BCUT2D eigenvalue weighted by atomic mass is 32.2. The number of halogens is 3. The first-order chi connectivity index (χ1) is 11.8. The zero-order chi connectivity index (χ0) is 18.9. The number of benzene rings is 1. The number of thioether (sulfide) groups is 1. The van der Waals surface area contributed by atoms with Crippen molar-refractivity contribution < 1.29 is 27.4 Å². The summed E-state index contributed by atoms with van der Waals surface area (Å²) in [7, 11) is 0. The minimum absolute atomic E-state index is 0.0102. The number of carbonyl (C=O) groups is 1. The molecule has 2 atom stereocenters. The molecule has 4 nitrogen and oxygen atoms in total. The summed E-state index contributed by atoms with van der Waals surface area (Å²) in [6.07, 6.45) is -5.01. The lowest BCUT2D eigenvalue weighted by atomic mass is 10.2. The standard InChI is InChI=1S/C17H24F3NO3S/c1-4-7-15(24-16(22)21-11-12(3)25-5-2)23-14-9-6-8-13(10-14)17(18,19)20/h6,8-10,12,15H,4-5,7,11H2,1-3H3,(H,21,22). The fraction of sp³-hybridized carbons (Fsp3) is 0.588. The van der Waals surface area contributed by atoms with Crippen LogP contribution in [-0.2, 0) is 10.9 Å². The zero-order valence-electron chi connectivity index (χ0n) is 14.6. The van der Waals surface area contributed by atoms with Gasteiger partial charge in [0.15, 0.2) is 0 Å². The van der Waals surface area contributed by atoms with E-state index in [0.29, 0.717) is 19.4 Å². The molecule has 0 aliphatic heterocycles. The van der Waals surface area contributed by atoms with Gasteiger partial charge in [-0.3, -0.25) is 0 Å². The van der Waals surface area contributed by atoms with E-state index >= 15 is 0 Å². The molecule has 0 saturated heterocycles. The smallest absolute Gasteiger partial charge is 0.416 e. The molecule has 142 valence electrons. The molecular formula is C17H24F3NO3S. The maximum absolute atomic E-state index is 12.7. The molecule has 0 aliphatic carbocycles. The van der Waals surface area contributed by atoms with Crippen LogP contribution >= 0.6 is 11.8 Å². The van der Waals surface area contributed by atoms with Crippen LogP contribution in [-0.4, -0.2) is 29.9 Å². The van der Waals surface area contributed by atoms with Gasteiger partial charge in [-0.25, -0.2) is 4.79 Å². The number of amides is 1. The van der Waals surface area contributed by atoms with Gasteiger partial charge < -0.3 is 14.8 Å². The fourth-order valence-electron chi connectivity index (χ4n) is 2.01. The summed E-state index contributed by atoms with van der Waals surface area (Å²) < 4.78 is 48.9. The predicted octanol–water partition coefficient (Wildman–Crippen LogP) is 5.08. The molecule has 0 bridgehead atoms. The van der Waals surface area contributed by atoms with Crippen molar-refractivity contribution in [1.82, 2.24) is 5.32 Å². The Morgan fingerprint density at radius 2 is 2.04 bits per heavy atom. The first kappa shape index (κ1) is 21.5. The van der Waals surface area contributed by atoms with E-state index in [-0.39, 0.29) is 11.0 Å². The minimum Gasteiger partial charge on any atom is -0.455 e. The molecule has 1 aromatic carbocycles. The summed E-state index contributed by atoms with van der Waals surface area (Å²) in [4.78, 5) is 11.9. The average molecular weight is 379 g/mol. The molecule has 2 unspecified atom stereocenters. The largest absolute Gasteiger partial charge is 0.455 e. The van der Waals surface area contributed by atoms with Crippen LogP contribution < -0.4 is 10.1 Å².